The molecule has 2 aromatic rings. The monoisotopic (exact) mass is 358 g/mol. The first-order valence-corrected chi connectivity index (χ1v) is 9.18. The number of carbonyl (C=O) groups is 2. The van der Waals surface area contributed by atoms with Gasteiger partial charge in [0.2, 0.25) is 5.91 Å². The van der Waals surface area contributed by atoms with Crippen molar-refractivity contribution in [3.8, 4) is 0 Å². The van der Waals surface area contributed by atoms with Crippen LogP contribution in [0, 0.1) is 13.8 Å². The Hall–Kier alpha value is -2.18. The van der Waals surface area contributed by atoms with Gasteiger partial charge < -0.3 is 15.0 Å². The lowest BCUT2D eigenvalue weighted by Crippen LogP contribution is -2.50. The smallest absolute Gasteiger partial charge is 0.253 e. The van der Waals surface area contributed by atoms with E-state index in [4.69, 9.17) is 4.74 Å². The van der Waals surface area contributed by atoms with Gasteiger partial charge in [0, 0.05) is 17.1 Å². The van der Waals surface area contributed by atoms with E-state index in [9.17, 15) is 9.59 Å². The van der Waals surface area contributed by atoms with E-state index in [2.05, 4.69) is 11.4 Å². The highest BCUT2D eigenvalue weighted by Gasteiger charge is 2.28. The number of carbonyl (C=O) groups excluding carboxylic acids is 2. The van der Waals surface area contributed by atoms with Crippen molar-refractivity contribution in [1.82, 2.24) is 5.32 Å². The molecular weight excluding hydrogens is 336 g/mol. The molecule has 0 bridgehead atoms. The Bertz CT molecular complexity index is 738. The molecule has 1 aliphatic heterocycles. The minimum Gasteiger partial charge on any atom is -0.365 e. The zero-order valence-electron chi connectivity index (χ0n) is 14.5. The van der Waals surface area contributed by atoms with E-state index in [1.54, 1.807) is 16.2 Å². The molecule has 1 saturated heterocycles. The van der Waals surface area contributed by atoms with Crippen LogP contribution in [0.1, 0.15) is 16.0 Å². The van der Waals surface area contributed by atoms with E-state index < -0.39 is 0 Å². The van der Waals surface area contributed by atoms with Crippen LogP contribution in [-0.2, 0) is 20.7 Å². The molecule has 2 heterocycles. The fourth-order valence-electron chi connectivity index (χ4n) is 2.97. The highest BCUT2D eigenvalue weighted by atomic mass is 32.1. The Balaban J connectivity index is 1.58. The van der Waals surface area contributed by atoms with Gasteiger partial charge in [-0.05, 0) is 48.6 Å². The fraction of sp³-hybridized carbons (Fsp3) is 0.368. The first kappa shape index (κ1) is 17.6. The molecule has 0 aliphatic carbocycles. The summed E-state index contributed by atoms with van der Waals surface area (Å²) in [6.45, 7) is 4.92. The molecule has 132 valence electrons. The van der Waals surface area contributed by atoms with Crippen molar-refractivity contribution in [2.45, 2.75) is 26.4 Å². The van der Waals surface area contributed by atoms with E-state index in [0.29, 0.717) is 19.5 Å². The topological polar surface area (TPSA) is 58.6 Å². The number of benzene rings is 1. The Labute approximate surface area is 151 Å². The zero-order valence-corrected chi connectivity index (χ0v) is 15.3. The van der Waals surface area contributed by atoms with Gasteiger partial charge in [-0.2, -0.15) is 0 Å². The molecule has 1 N–H and O–H groups in total. The van der Waals surface area contributed by atoms with Crippen LogP contribution in [0.15, 0.2) is 35.7 Å². The van der Waals surface area contributed by atoms with Crippen LogP contribution >= 0.6 is 11.3 Å². The maximum Gasteiger partial charge on any atom is 0.253 e. The van der Waals surface area contributed by atoms with Crippen molar-refractivity contribution >= 4 is 28.8 Å². The second kappa shape index (κ2) is 7.80. The van der Waals surface area contributed by atoms with Gasteiger partial charge >= 0.3 is 0 Å². The summed E-state index contributed by atoms with van der Waals surface area (Å²) < 4.78 is 5.58. The van der Waals surface area contributed by atoms with E-state index in [0.717, 1.165) is 21.7 Å². The number of hydrogen-bond acceptors (Lipinski definition) is 4. The molecule has 1 aliphatic rings. The largest absolute Gasteiger partial charge is 0.365 e. The lowest BCUT2D eigenvalue weighted by molar-refractivity contribution is -0.129. The number of hydrogen-bond donors (Lipinski definition) is 1. The van der Waals surface area contributed by atoms with Crippen LogP contribution in [0.3, 0.4) is 0 Å². The normalized spacial score (nSPS) is 17.6. The molecule has 3 rings (SSSR count). The summed E-state index contributed by atoms with van der Waals surface area (Å²) in [5.74, 6) is -0.0768. The van der Waals surface area contributed by atoms with Gasteiger partial charge in [0.25, 0.3) is 5.91 Å². The van der Waals surface area contributed by atoms with Crippen LogP contribution in [0.2, 0.25) is 0 Å². The minimum atomic E-state index is -0.203. The molecule has 1 unspecified atom stereocenters. The Kier molecular flexibility index (Phi) is 5.50. The summed E-state index contributed by atoms with van der Waals surface area (Å²) in [5.41, 5.74) is 3.13. The summed E-state index contributed by atoms with van der Waals surface area (Å²) in [6, 6.07) is 9.97. The van der Waals surface area contributed by atoms with Gasteiger partial charge in [0.1, 0.15) is 6.61 Å². The molecular formula is C19H22N2O3S. The van der Waals surface area contributed by atoms with Crippen LogP contribution in [-0.4, -0.2) is 37.6 Å². The average Bonchev–Trinajstić information content (AvgIpc) is 3.06. The number of morpholine rings is 1. The summed E-state index contributed by atoms with van der Waals surface area (Å²) in [4.78, 5) is 27.0. The fourth-order valence-corrected chi connectivity index (χ4v) is 3.67. The van der Waals surface area contributed by atoms with Crippen molar-refractivity contribution in [1.29, 1.82) is 0 Å². The number of rotatable bonds is 5. The number of nitrogens with zero attached hydrogens (tertiary/aromatic N) is 1. The van der Waals surface area contributed by atoms with Crippen LogP contribution in [0.4, 0.5) is 5.69 Å². The molecule has 2 amide bonds. The van der Waals surface area contributed by atoms with Crippen LogP contribution in [0.5, 0.6) is 0 Å². The summed E-state index contributed by atoms with van der Waals surface area (Å²) in [7, 11) is 0. The molecule has 0 radical (unpaired) electrons. The van der Waals surface area contributed by atoms with Crippen molar-refractivity contribution < 1.29 is 14.3 Å². The number of thiophene rings is 1. The van der Waals surface area contributed by atoms with Crippen molar-refractivity contribution in [3.63, 3.8) is 0 Å². The van der Waals surface area contributed by atoms with E-state index in [1.165, 1.54) is 0 Å². The van der Waals surface area contributed by atoms with Gasteiger partial charge in [-0.15, -0.1) is 11.3 Å². The second-order valence-electron chi connectivity index (χ2n) is 6.34. The number of nitrogens with one attached hydrogen (secondary N) is 1. The van der Waals surface area contributed by atoms with Gasteiger partial charge in [-0.25, -0.2) is 0 Å². The lowest BCUT2D eigenvalue weighted by atomic mass is 10.1. The lowest BCUT2D eigenvalue weighted by Gasteiger charge is -2.33. The molecule has 1 aromatic carbocycles. The zero-order chi connectivity index (χ0) is 17.8. The molecule has 6 heteroatoms. The van der Waals surface area contributed by atoms with E-state index in [-0.39, 0.29) is 24.5 Å². The summed E-state index contributed by atoms with van der Waals surface area (Å²) in [5, 5.41) is 4.86. The third kappa shape index (κ3) is 4.67. The highest BCUT2D eigenvalue weighted by molar-refractivity contribution is 7.10. The highest BCUT2D eigenvalue weighted by Crippen LogP contribution is 2.22. The maximum atomic E-state index is 12.2. The van der Waals surface area contributed by atoms with Gasteiger partial charge in [-0.3, -0.25) is 9.59 Å². The van der Waals surface area contributed by atoms with E-state index >= 15 is 0 Å². The second-order valence-corrected chi connectivity index (χ2v) is 7.38. The first-order valence-electron chi connectivity index (χ1n) is 8.30. The third-order valence-corrected chi connectivity index (χ3v) is 4.97. The maximum absolute atomic E-state index is 12.2. The molecule has 1 atom stereocenters. The Morgan fingerprint density at radius 1 is 1.32 bits per heavy atom. The Morgan fingerprint density at radius 3 is 2.76 bits per heavy atom. The molecule has 1 aromatic heterocycles. The molecule has 0 spiro atoms. The van der Waals surface area contributed by atoms with Gasteiger partial charge in [0.05, 0.1) is 19.1 Å². The van der Waals surface area contributed by atoms with Crippen molar-refractivity contribution in [3.05, 3.63) is 51.7 Å². The third-order valence-electron chi connectivity index (χ3n) is 4.09. The number of aryl methyl sites for hydroxylation is 2. The number of ether oxygens (including phenoxy) is 1. The molecule has 0 saturated carbocycles. The molecule has 5 nitrogen and oxygen atoms in total. The SMILES string of the molecule is Cc1cc(C)cc(N2CC(CNC(=O)Cc3cccs3)OCC2=O)c1. The quantitative estimate of drug-likeness (QED) is 0.893. The standard InChI is InChI=1S/C19H22N2O3S/c1-13-6-14(2)8-15(7-13)21-11-16(24-12-19(21)23)10-20-18(22)9-17-4-3-5-25-17/h3-8,16H,9-12H2,1-2H3,(H,20,22). The van der Waals surface area contributed by atoms with Crippen molar-refractivity contribution in [2.24, 2.45) is 0 Å². The predicted octanol–water partition coefficient (Wildman–Crippen LogP) is 2.46. The molecule has 1 fully saturated rings. The average molecular weight is 358 g/mol. The van der Waals surface area contributed by atoms with Gasteiger partial charge in [0.15, 0.2) is 0 Å². The molecule has 25 heavy (non-hydrogen) atoms. The minimum absolute atomic E-state index is 0.0269. The van der Waals surface area contributed by atoms with Crippen LogP contribution < -0.4 is 10.2 Å². The van der Waals surface area contributed by atoms with Gasteiger partial charge in [-0.1, -0.05) is 12.1 Å². The van der Waals surface area contributed by atoms with Crippen LogP contribution in [0.25, 0.3) is 0 Å². The summed E-state index contributed by atoms with van der Waals surface area (Å²) in [6.07, 6.45) is 0.176. The van der Waals surface area contributed by atoms with E-state index in [1.807, 2.05) is 43.5 Å². The Morgan fingerprint density at radius 2 is 2.08 bits per heavy atom. The summed E-state index contributed by atoms with van der Waals surface area (Å²) >= 11 is 1.57. The number of anilines is 1. The first-order chi connectivity index (χ1) is 12.0. The predicted molar refractivity (Wildman–Crippen MR) is 99.0 cm³/mol. The van der Waals surface area contributed by atoms with Crippen molar-refractivity contribution in [2.75, 3.05) is 24.6 Å². The number of amides is 2.